The Labute approximate surface area is 235 Å². The highest BCUT2D eigenvalue weighted by atomic mass is 35.5. The monoisotopic (exact) mass is 579 g/mol. The lowest BCUT2D eigenvalue weighted by Crippen LogP contribution is -2.64. The number of amides is 1. The molecule has 4 rings (SSSR count). The number of aromatic nitrogens is 4. The van der Waals surface area contributed by atoms with E-state index in [-0.39, 0.29) is 46.3 Å². The van der Waals surface area contributed by atoms with Crippen LogP contribution in [0, 0.1) is 0 Å². The molecule has 1 saturated heterocycles. The van der Waals surface area contributed by atoms with Crippen molar-refractivity contribution in [3.8, 4) is 5.69 Å². The van der Waals surface area contributed by atoms with E-state index in [1.807, 2.05) is 27.7 Å². The minimum Gasteiger partial charge on any atom is -0.444 e. The Morgan fingerprint density at radius 2 is 1.77 bits per heavy atom. The second-order valence-corrected chi connectivity index (χ2v) is 12.3. The van der Waals surface area contributed by atoms with Crippen molar-refractivity contribution >= 4 is 40.5 Å². The van der Waals surface area contributed by atoms with Gasteiger partial charge < -0.3 is 9.64 Å². The Hall–Kier alpha value is -2.98. The minimum absolute atomic E-state index is 0.0180. The van der Waals surface area contributed by atoms with E-state index in [1.54, 1.807) is 33.0 Å². The summed E-state index contributed by atoms with van der Waals surface area (Å²) < 4.78 is 23.4. The summed E-state index contributed by atoms with van der Waals surface area (Å²) in [7, 11) is 0. The normalized spacial score (nSPS) is 15.2. The molecule has 12 heteroatoms. The van der Waals surface area contributed by atoms with Gasteiger partial charge in [0.1, 0.15) is 10.8 Å². The molecule has 1 fully saturated rings. The van der Waals surface area contributed by atoms with Crippen LogP contribution >= 0.6 is 23.2 Å². The smallest absolute Gasteiger partial charge is 0.410 e. The van der Waals surface area contributed by atoms with Crippen LogP contribution in [0.15, 0.2) is 27.9 Å². The number of rotatable bonds is 5. The number of alkyl halides is 1. The molecule has 1 amide bonds. The standard InChI is InChI=1S/C27H32Cl2FN5O4/c1-14(2)16-8-9-31-19(15(3)4)20(16)35-22-18(10-17(28)21(29)32-22)34(23(36)24(35)37)13-27(30)11-33(12-27)25(38)39-26(5,6)7/h8-10,14-15H,11-13H2,1-7H3. The van der Waals surface area contributed by atoms with Crippen molar-refractivity contribution in [3.63, 3.8) is 0 Å². The number of hydrogen-bond acceptors (Lipinski definition) is 6. The van der Waals surface area contributed by atoms with Crippen LogP contribution in [0.1, 0.15) is 71.6 Å². The number of hydrogen-bond donors (Lipinski definition) is 0. The molecule has 210 valence electrons. The number of fused-ring (bicyclic) bond motifs is 1. The minimum atomic E-state index is -1.97. The highest BCUT2D eigenvalue weighted by Crippen LogP contribution is 2.33. The fourth-order valence-corrected chi connectivity index (χ4v) is 4.97. The molecule has 1 aliphatic rings. The first-order valence-corrected chi connectivity index (χ1v) is 13.5. The summed E-state index contributed by atoms with van der Waals surface area (Å²) in [6, 6.07) is 3.20. The van der Waals surface area contributed by atoms with Gasteiger partial charge in [0.2, 0.25) is 0 Å². The van der Waals surface area contributed by atoms with E-state index in [1.165, 1.54) is 15.5 Å². The molecule has 0 radical (unpaired) electrons. The van der Waals surface area contributed by atoms with Crippen molar-refractivity contribution in [2.24, 2.45) is 0 Å². The summed E-state index contributed by atoms with van der Waals surface area (Å²) in [4.78, 5) is 49.8. The Morgan fingerprint density at radius 3 is 2.33 bits per heavy atom. The Balaban J connectivity index is 1.90. The Bertz CT molecular complexity index is 1540. The van der Waals surface area contributed by atoms with Gasteiger partial charge in [0, 0.05) is 6.20 Å². The number of carbonyl (C=O) groups is 1. The van der Waals surface area contributed by atoms with E-state index in [4.69, 9.17) is 27.9 Å². The third kappa shape index (κ3) is 5.54. The molecule has 3 aromatic rings. The van der Waals surface area contributed by atoms with E-state index in [0.717, 1.165) is 10.1 Å². The number of nitrogens with zero attached hydrogens (tertiary/aromatic N) is 5. The van der Waals surface area contributed by atoms with Crippen LogP contribution in [0.4, 0.5) is 9.18 Å². The molecule has 9 nitrogen and oxygen atoms in total. The lowest BCUT2D eigenvalue weighted by Gasteiger charge is -2.44. The number of likely N-dealkylation sites (tertiary alicyclic amines) is 1. The Kier molecular flexibility index (Phi) is 7.59. The average molecular weight is 580 g/mol. The first-order chi connectivity index (χ1) is 18.0. The fourth-order valence-electron chi connectivity index (χ4n) is 4.69. The van der Waals surface area contributed by atoms with Gasteiger partial charge in [0.15, 0.2) is 11.3 Å². The fraction of sp³-hybridized carbons (Fsp3) is 0.519. The molecule has 0 unspecified atom stereocenters. The molecule has 1 aliphatic heterocycles. The predicted molar refractivity (Wildman–Crippen MR) is 149 cm³/mol. The number of halogens is 3. The maximum atomic E-state index is 15.8. The van der Waals surface area contributed by atoms with Gasteiger partial charge in [-0.15, -0.1) is 0 Å². The summed E-state index contributed by atoms with van der Waals surface area (Å²) in [5, 5.41) is -0.0305. The van der Waals surface area contributed by atoms with Crippen molar-refractivity contribution in [1.82, 2.24) is 24.0 Å². The van der Waals surface area contributed by atoms with Gasteiger partial charge in [-0.25, -0.2) is 14.2 Å². The molecule has 0 aliphatic carbocycles. The maximum absolute atomic E-state index is 15.8. The first kappa shape index (κ1) is 29.0. The topological polar surface area (TPSA) is 99.3 Å². The van der Waals surface area contributed by atoms with Crippen molar-refractivity contribution in [3.05, 3.63) is 60.5 Å². The zero-order valence-electron chi connectivity index (χ0n) is 23.0. The van der Waals surface area contributed by atoms with Crippen LogP contribution < -0.4 is 11.1 Å². The average Bonchev–Trinajstić information content (AvgIpc) is 2.80. The van der Waals surface area contributed by atoms with Crippen LogP contribution in [0.2, 0.25) is 10.2 Å². The zero-order chi connectivity index (χ0) is 29.0. The van der Waals surface area contributed by atoms with Gasteiger partial charge in [-0.3, -0.25) is 23.7 Å². The summed E-state index contributed by atoms with van der Waals surface area (Å²) in [6.45, 7) is 11.9. The summed E-state index contributed by atoms with van der Waals surface area (Å²) in [5.41, 5.74) is -2.56. The van der Waals surface area contributed by atoms with Crippen LogP contribution in [0.5, 0.6) is 0 Å². The lowest BCUT2D eigenvalue weighted by atomic mass is 9.96. The van der Waals surface area contributed by atoms with Gasteiger partial charge in [-0.1, -0.05) is 50.9 Å². The first-order valence-electron chi connectivity index (χ1n) is 12.7. The SMILES string of the molecule is CC(C)c1ccnc(C(C)C)c1-n1c(=O)c(=O)n(CC2(F)CN(C(=O)OC(C)(C)C)C2)c2cc(Cl)c(Cl)nc21. The maximum Gasteiger partial charge on any atom is 0.410 e. The van der Waals surface area contributed by atoms with E-state index in [2.05, 4.69) is 9.97 Å². The summed E-state index contributed by atoms with van der Waals surface area (Å²) in [6.07, 6.45) is 1.01. The third-order valence-electron chi connectivity index (χ3n) is 6.45. The molecule has 0 spiro atoms. The highest BCUT2D eigenvalue weighted by Gasteiger charge is 2.48. The molecule has 3 aromatic heterocycles. The van der Waals surface area contributed by atoms with Crippen molar-refractivity contribution < 1.29 is 13.9 Å². The van der Waals surface area contributed by atoms with Gasteiger partial charge in [-0.05, 0) is 50.3 Å². The molecule has 0 N–H and O–H groups in total. The van der Waals surface area contributed by atoms with Gasteiger partial charge in [-0.2, -0.15) is 0 Å². The molecule has 0 bridgehead atoms. The van der Waals surface area contributed by atoms with Crippen molar-refractivity contribution in [1.29, 1.82) is 0 Å². The van der Waals surface area contributed by atoms with Crippen LogP contribution in [0.3, 0.4) is 0 Å². The zero-order valence-corrected chi connectivity index (χ0v) is 24.5. The van der Waals surface area contributed by atoms with Gasteiger partial charge >= 0.3 is 17.2 Å². The number of carbonyl (C=O) groups excluding carboxylic acids is 1. The van der Waals surface area contributed by atoms with Crippen molar-refractivity contribution in [2.75, 3.05) is 13.1 Å². The number of ether oxygens (including phenoxy) is 1. The molecule has 0 atom stereocenters. The van der Waals surface area contributed by atoms with Crippen LogP contribution in [0.25, 0.3) is 16.9 Å². The number of pyridine rings is 2. The largest absolute Gasteiger partial charge is 0.444 e. The lowest BCUT2D eigenvalue weighted by molar-refractivity contribution is -0.0578. The van der Waals surface area contributed by atoms with Crippen LogP contribution in [-0.2, 0) is 11.3 Å². The molecule has 0 saturated carbocycles. The highest BCUT2D eigenvalue weighted by molar-refractivity contribution is 6.41. The second-order valence-electron chi connectivity index (χ2n) is 11.6. The van der Waals surface area contributed by atoms with E-state index >= 15 is 4.39 Å². The van der Waals surface area contributed by atoms with Gasteiger partial charge in [0.25, 0.3) is 0 Å². The molecular weight excluding hydrogens is 548 g/mol. The van der Waals surface area contributed by atoms with Crippen molar-refractivity contribution in [2.45, 2.75) is 78.1 Å². The second kappa shape index (κ2) is 10.2. The molecular formula is C27H32Cl2FN5O4. The van der Waals surface area contributed by atoms with E-state index < -0.39 is 35.0 Å². The van der Waals surface area contributed by atoms with Crippen LogP contribution in [-0.4, -0.2) is 54.5 Å². The quantitative estimate of drug-likeness (QED) is 0.294. The van der Waals surface area contributed by atoms with Gasteiger partial charge in [0.05, 0.1) is 41.6 Å². The molecule has 4 heterocycles. The van der Waals surface area contributed by atoms with E-state index in [0.29, 0.717) is 11.4 Å². The summed E-state index contributed by atoms with van der Waals surface area (Å²) in [5.74, 6) is -0.107. The molecule has 39 heavy (non-hydrogen) atoms. The predicted octanol–water partition coefficient (Wildman–Crippen LogP) is 5.46. The summed E-state index contributed by atoms with van der Waals surface area (Å²) >= 11 is 12.6. The third-order valence-corrected chi connectivity index (χ3v) is 7.12. The molecule has 0 aromatic carbocycles. The van der Waals surface area contributed by atoms with E-state index in [9.17, 15) is 14.4 Å². The Morgan fingerprint density at radius 1 is 1.13 bits per heavy atom.